The molecule has 0 spiro atoms. The van der Waals surface area contributed by atoms with Gasteiger partial charge in [-0.15, -0.1) is 0 Å². The van der Waals surface area contributed by atoms with Gasteiger partial charge in [0.05, 0.1) is 7.11 Å². The number of hydrogen-bond acceptors (Lipinski definition) is 1. The first-order valence-corrected chi connectivity index (χ1v) is 6.04. The van der Waals surface area contributed by atoms with E-state index in [0.29, 0.717) is 5.92 Å². The molecule has 14 heavy (non-hydrogen) atoms. The highest BCUT2D eigenvalue weighted by Crippen LogP contribution is 2.25. The highest BCUT2D eigenvalue weighted by molar-refractivity contribution is 9.09. The molecule has 0 aliphatic rings. The van der Waals surface area contributed by atoms with Crippen LogP contribution in [0.15, 0.2) is 18.2 Å². The fourth-order valence-electron chi connectivity index (χ4n) is 1.43. The standard InChI is InChI=1S/C12H17BrO/c1-9(2)11-5-4-10(6-7-13)12(8-11)14-3/h4-5,8-9H,6-7H2,1-3H3. The lowest BCUT2D eigenvalue weighted by atomic mass is 10.0. The Bertz CT molecular complexity index is 294. The van der Waals surface area contributed by atoms with Crippen LogP contribution in [0, 0.1) is 0 Å². The van der Waals surface area contributed by atoms with E-state index in [4.69, 9.17) is 4.74 Å². The van der Waals surface area contributed by atoms with Gasteiger partial charge in [0.15, 0.2) is 0 Å². The number of alkyl halides is 1. The van der Waals surface area contributed by atoms with Crippen molar-refractivity contribution in [2.45, 2.75) is 26.2 Å². The van der Waals surface area contributed by atoms with E-state index in [1.807, 2.05) is 0 Å². The topological polar surface area (TPSA) is 9.23 Å². The average molecular weight is 257 g/mol. The molecule has 1 aromatic carbocycles. The van der Waals surface area contributed by atoms with Crippen LogP contribution in [-0.4, -0.2) is 12.4 Å². The molecule has 0 aliphatic carbocycles. The maximum atomic E-state index is 5.37. The number of rotatable bonds is 4. The molecule has 0 aliphatic heterocycles. The summed E-state index contributed by atoms with van der Waals surface area (Å²) in [6, 6.07) is 6.49. The molecule has 0 atom stereocenters. The third-order valence-electron chi connectivity index (χ3n) is 2.34. The Labute approximate surface area is 94.6 Å². The fourth-order valence-corrected chi connectivity index (χ4v) is 1.86. The lowest BCUT2D eigenvalue weighted by Gasteiger charge is -2.11. The van der Waals surface area contributed by atoms with Gasteiger partial charge in [-0.1, -0.05) is 41.9 Å². The highest BCUT2D eigenvalue weighted by Gasteiger charge is 2.05. The van der Waals surface area contributed by atoms with Gasteiger partial charge < -0.3 is 4.74 Å². The predicted octanol–water partition coefficient (Wildman–Crippen LogP) is 3.76. The molecule has 0 radical (unpaired) electrons. The lowest BCUT2D eigenvalue weighted by molar-refractivity contribution is 0.409. The smallest absolute Gasteiger partial charge is 0.122 e. The molecular formula is C12H17BrO. The van der Waals surface area contributed by atoms with Crippen molar-refractivity contribution in [1.82, 2.24) is 0 Å². The summed E-state index contributed by atoms with van der Waals surface area (Å²) in [4.78, 5) is 0. The summed E-state index contributed by atoms with van der Waals surface area (Å²) in [6.45, 7) is 4.39. The van der Waals surface area contributed by atoms with Crippen LogP contribution in [0.25, 0.3) is 0 Å². The summed E-state index contributed by atoms with van der Waals surface area (Å²) in [5.41, 5.74) is 2.61. The molecule has 0 N–H and O–H groups in total. The number of methoxy groups -OCH3 is 1. The quantitative estimate of drug-likeness (QED) is 0.746. The molecule has 0 heterocycles. The van der Waals surface area contributed by atoms with Crippen LogP contribution in [0.1, 0.15) is 30.9 Å². The second kappa shape index (κ2) is 5.40. The molecule has 1 rings (SSSR count). The molecule has 2 heteroatoms. The van der Waals surface area contributed by atoms with Crippen LogP contribution in [0.4, 0.5) is 0 Å². The van der Waals surface area contributed by atoms with Crippen molar-refractivity contribution in [3.05, 3.63) is 29.3 Å². The summed E-state index contributed by atoms with van der Waals surface area (Å²) < 4.78 is 5.37. The molecule has 0 unspecified atom stereocenters. The van der Waals surface area contributed by atoms with Gasteiger partial charge in [0.1, 0.15) is 5.75 Å². The van der Waals surface area contributed by atoms with Crippen LogP contribution < -0.4 is 4.74 Å². The first-order chi connectivity index (χ1) is 6.69. The van der Waals surface area contributed by atoms with Gasteiger partial charge >= 0.3 is 0 Å². The third-order valence-corrected chi connectivity index (χ3v) is 2.74. The van der Waals surface area contributed by atoms with Gasteiger partial charge in [-0.3, -0.25) is 0 Å². The molecule has 0 saturated carbocycles. The second-order valence-electron chi connectivity index (χ2n) is 3.66. The Morgan fingerprint density at radius 1 is 1.36 bits per heavy atom. The maximum Gasteiger partial charge on any atom is 0.122 e. The van der Waals surface area contributed by atoms with E-state index in [0.717, 1.165) is 17.5 Å². The number of benzene rings is 1. The van der Waals surface area contributed by atoms with E-state index in [2.05, 4.69) is 48.0 Å². The van der Waals surface area contributed by atoms with Crippen molar-refractivity contribution >= 4 is 15.9 Å². The Balaban J connectivity index is 2.98. The summed E-state index contributed by atoms with van der Waals surface area (Å²) in [7, 11) is 1.73. The van der Waals surface area contributed by atoms with Gasteiger partial charge in [0.25, 0.3) is 0 Å². The summed E-state index contributed by atoms with van der Waals surface area (Å²) in [6.07, 6.45) is 1.02. The van der Waals surface area contributed by atoms with E-state index in [1.165, 1.54) is 11.1 Å². The van der Waals surface area contributed by atoms with E-state index in [-0.39, 0.29) is 0 Å². The molecule has 0 fully saturated rings. The number of hydrogen-bond donors (Lipinski definition) is 0. The zero-order chi connectivity index (χ0) is 10.6. The molecule has 1 aromatic rings. The first-order valence-electron chi connectivity index (χ1n) is 4.91. The van der Waals surface area contributed by atoms with Crippen molar-refractivity contribution < 1.29 is 4.74 Å². The largest absolute Gasteiger partial charge is 0.496 e. The number of aryl methyl sites for hydroxylation is 1. The normalized spacial score (nSPS) is 10.6. The van der Waals surface area contributed by atoms with Crippen LogP contribution in [0.5, 0.6) is 5.75 Å². The molecule has 0 aromatic heterocycles. The zero-order valence-electron chi connectivity index (χ0n) is 9.01. The summed E-state index contributed by atoms with van der Waals surface area (Å²) >= 11 is 3.44. The maximum absolute atomic E-state index is 5.37. The van der Waals surface area contributed by atoms with Gasteiger partial charge in [-0.25, -0.2) is 0 Å². The molecular weight excluding hydrogens is 240 g/mol. The van der Waals surface area contributed by atoms with Crippen LogP contribution in [-0.2, 0) is 6.42 Å². The minimum absolute atomic E-state index is 0.557. The fraction of sp³-hybridized carbons (Fsp3) is 0.500. The minimum atomic E-state index is 0.557. The zero-order valence-corrected chi connectivity index (χ0v) is 10.6. The number of ether oxygens (including phenoxy) is 1. The SMILES string of the molecule is COc1cc(C(C)C)ccc1CCBr. The first kappa shape index (κ1) is 11.6. The van der Waals surface area contributed by atoms with E-state index in [9.17, 15) is 0 Å². The predicted molar refractivity (Wildman–Crippen MR) is 64.6 cm³/mol. The van der Waals surface area contributed by atoms with Gasteiger partial charge in [0.2, 0.25) is 0 Å². The Hall–Kier alpha value is -0.500. The van der Waals surface area contributed by atoms with Crippen molar-refractivity contribution in [2.24, 2.45) is 0 Å². The van der Waals surface area contributed by atoms with Crippen molar-refractivity contribution in [1.29, 1.82) is 0 Å². The van der Waals surface area contributed by atoms with E-state index in [1.54, 1.807) is 7.11 Å². The van der Waals surface area contributed by atoms with Crippen molar-refractivity contribution in [2.75, 3.05) is 12.4 Å². The van der Waals surface area contributed by atoms with Crippen molar-refractivity contribution in [3.8, 4) is 5.75 Å². The van der Waals surface area contributed by atoms with E-state index >= 15 is 0 Å². The average Bonchev–Trinajstić information content (AvgIpc) is 2.18. The summed E-state index contributed by atoms with van der Waals surface area (Å²) in [5, 5.41) is 0.977. The van der Waals surface area contributed by atoms with Gasteiger partial charge in [-0.05, 0) is 29.5 Å². The van der Waals surface area contributed by atoms with Gasteiger partial charge in [0, 0.05) is 5.33 Å². The van der Waals surface area contributed by atoms with Crippen LogP contribution in [0.3, 0.4) is 0 Å². The molecule has 0 saturated heterocycles. The Morgan fingerprint density at radius 2 is 2.07 bits per heavy atom. The monoisotopic (exact) mass is 256 g/mol. The third kappa shape index (κ3) is 2.74. The van der Waals surface area contributed by atoms with Gasteiger partial charge in [-0.2, -0.15) is 0 Å². The van der Waals surface area contributed by atoms with Crippen LogP contribution >= 0.6 is 15.9 Å². The Kier molecular flexibility index (Phi) is 4.46. The molecule has 1 nitrogen and oxygen atoms in total. The summed E-state index contributed by atoms with van der Waals surface area (Å²) in [5.74, 6) is 1.57. The second-order valence-corrected chi connectivity index (χ2v) is 4.46. The molecule has 0 bridgehead atoms. The van der Waals surface area contributed by atoms with Crippen LogP contribution in [0.2, 0.25) is 0 Å². The minimum Gasteiger partial charge on any atom is -0.496 e. The number of halogens is 1. The van der Waals surface area contributed by atoms with Crippen molar-refractivity contribution in [3.63, 3.8) is 0 Å². The molecule has 0 amide bonds. The lowest BCUT2D eigenvalue weighted by Crippen LogP contribution is -1.96. The van der Waals surface area contributed by atoms with E-state index < -0.39 is 0 Å². The highest BCUT2D eigenvalue weighted by atomic mass is 79.9. The molecule has 78 valence electrons. The Morgan fingerprint density at radius 3 is 2.57 bits per heavy atom.